The molecule has 0 radical (unpaired) electrons. The smallest absolute Gasteiger partial charge is 0.306 e. The van der Waals surface area contributed by atoms with E-state index in [4.69, 9.17) is 9.47 Å². The highest BCUT2D eigenvalue weighted by molar-refractivity contribution is 9.10. The Bertz CT molecular complexity index is 363. The van der Waals surface area contributed by atoms with E-state index in [2.05, 4.69) is 15.9 Å². The number of benzene rings is 1. The summed E-state index contributed by atoms with van der Waals surface area (Å²) in [5, 5.41) is 0. The van der Waals surface area contributed by atoms with Gasteiger partial charge in [0.25, 0.3) is 0 Å². The summed E-state index contributed by atoms with van der Waals surface area (Å²) in [5.74, 6) is 0.617. The van der Waals surface area contributed by atoms with E-state index >= 15 is 0 Å². The van der Waals surface area contributed by atoms with E-state index in [1.807, 2.05) is 18.2 Å². The lowest BCUT2D eigenvalue weighted by atomic mass is 10.1. The van der Waals surface area contributed by atoms with Gasteiger partial charge in [-0.2, -0.15) is 0 Å². The van der Waals surface area contributed by atoms with E-state index < -0.39 is 0 Å². The second-order valence-electron chi connectivity index (χ2n) is 3.26. The van der Waals surface area contributed by atoms with Gasteiger partial charge in [0.05, 0.1) is 13.7 Å². The Labute approximate surface area is 104 Å². The predicted octanol–water partition coefficient (Wildman–Crippen LogP) is 2.95. The van der Waals surface area contributed by atoms with Crippen LogP contribution in [0, 0.1) is 0 Å². The van der Waals surface area contributed by atoms with E-state index in [1.54, 1.807) is 14.0 Å². The number of hydrogen-bond acceptors (Lipinski definition) is 3. The van der Waals surface area contributed by atoms with Crippen LogP contribution in [0.5, 0.6) is 5.75 Å². The Morgan fingerprint density at radius 2 is 2.19 bits per heavy atom. The van der Waals surface area contributed by atoms with Crippen LogP contribution in [0.4, 0.5) is 0 Å². The average molecular weight is 287 g/mol. The molecule has 0 aliphatic carbocycles. The van der Waals surface area contributed by atoms with Crippen LogP contribution in [0.3, 0.4) is 0 Å². The highest BCUT2D eigenvalue weighted by Gasteiger charge is 2.07. The van der Waals surface area contributed by atoms with Gasteiger partial charge in [0.2, 0.25) is 0 Å². The summed E-state index contributed by atoms with van der Waals surface area (Å²) in [6.45, 7) is 2.23. The van der Waals surface area contributed by atoms with Gasteiger partial charge in [-0.25, -0.2) is 0 Å². The van der Waals surface area contributed by atoms with Gasteiger partial charge in [-0.15, -0.1) is 0 Å². The minimum Gasteiger partial charge on any atom is -0.496 e. The number of rotatable bonds is 5. The van der Waals surface area contributed by atoms with Crippen molar-refractivity contribution in [3.8, 4) is 5.75 Å². The third-order valence-corrected chi connectivity index (χ3v) is 2.65. The fraction of sp³-hybridized carbons (Fsp3) is 0.417. The van der Waals surface area contributed by atoms with Gasteiger partial charge in [-0.1, -0.05) is 22.0 Å². The van der Waals surface area contributed by atoms with Crippen LogP contribution in [0.15, 0.2) is 22.7 Å². The van der Waals surface area contributed by atoms with Crippen molar-refractivity contribution in [2.75, 3.05) is 13.7 Å². The molecule has 0 amide bonds. The Hall–Kier alpha value is -1.03. The lowest BCUT2D eigenvalue weighted by molar-refractivity contribution is -0.143. The van der Waals surface area contributed by atoms with Crippen molar-refractivity contribution < 1.29 is 14.3 Å². The minimum absolute atomic E-state index is 0.174. The highest BCUT2D eigenvalue weighted by Crippen LogP contribution is 2.24. The molecule has 0 fully saturated rings. The zero-order valence-corrected chi connectivity index (χ0v) is 11.0. The molecule has 0 unspecified atom stereocenters. The maximum absolute atomic E-state index is 11.2. The second-order valence-corrected chi connectivity index (χ2v) is 4.18. The molecule has 3 nitrogen and oxygen atoms in total. The van der Waals surface area contributed by atoms with Crippen LogP contribution in [-0.4, -0.2) is 19.7 Å². The Morgan fingerprint density at radius 3 is 2.81 bits per heavy atom. The zero-order valence-electron chi connectivity index (χ0n) is 9.46. The number of hydrogen-bond donors (Lipinski definition) is 0. The van der Waals surface area contributed by atoms with Crippen LogP contribution < -0.4 is 4.74 Å². The molecule has 0 N–H and O–H groups in total. The molecule has 16 heavy (non-hydrogen) atoms. The van der Waals surface area contributed by atoms with Crippen molar-refractivity contribution in [2.45, 2.75) is 19.8 Å². The largest absolute Gasteiger partial charge is 0.496 e. The molecule has 0 atom stereocenters. The molecule has 1 aromatic carbocycles. The molecular weight excluding hydrogens is 272 g/mol. The van der Waals surface area contributed by atoms with Gasteiger partial charge in [-0.3, -0.25) is 4.79 Å². The average Bonchev–Trinajstić information content (AvgIpc) is 2.27. The van der Waals surface area contributed by atoms with E-state index in [9.17, 15) is 4.79 Å². The summed E-state index contributed by atoms with van der Waals surface area (Å²) in [6, 6.07) is 5.77. The number of methoxy groups -OCH3 is 1. The van der Waals surface area contributed by atoms with E-state index in [1.165, 1.54) is 0 Å². The number of esters is 1. The number of carbonyl (C=O) groups is 1. The van der Waals surface area contributed by atoms with Crippen molar-refractivity contribution in [1.29, 1.82) is 0 Å². The zero-order chi connectivity index (χ0) is 12.0. The molecule has 1 rings (SSSR count). The first kappa shape index (κ1) is 13.0. The number of ether oxygens (including phenoxy) is 2. The second kappa shape index (κ2) is 6.53. The molecular formula is C12H15BrO3. The van der Waals surface area contributed by atoms with E-state index in [0.717, 1.165) is 15.8 Å². The molecule has 0 aliphatic rings. The van der Waals surface area contributed by atoms with Gasteiger partial charge in [0.1, 0.15) is 5.75 Å². The molecule has 0 aliphatic heterocycles. The number of aryl methyl sites for hydroxylation is 1. The quantitative estimate of drug-likeness (QED) is 0.781. The summed E-state index contributed by atoms with van der Waals surface area (Å²) in [6.07, 6.45) is 1.01. The summed E-state index contributed by atoms with van der Waals surface area (Å²) < 4.78 is 11.1. The number of carbonyl (C=O) groups excluding carboxylic acids is 1. The Morgan fingerprint density at radius 1 is 1.44 bits per heavy atom. The molecule has 4 heteroatoms. The van der Waals surface area contributed by atoms with Crippen molar-refractivity contribution >= 4 is 21.9 Å². The minimum atomic E-state index is -0.174. The van der Waals surface area contributed by atoms with Crippen LogP contribution in [0.25, 0.3) is 0 Å². The van der Waals surface area contributed by atoms with Crippen molar-refractivity contribution in [3.05, 3.63) is 28.2 Å². The van der Waals surface area contributed by atoms with Gasteiger partial charge in [-0.05, 0) is 31.0 Å². The molecule has 88 valence electrons. The maximum Gasteiger partial charge on any atom is 0.306 e. The lowest BCUT2D eigenvalue weighted by Gasteiger charge is -2.08. The number of halogens is 1. The van der Waals surface area contributed by atoms with Crippen LogP contribution in [0.1, 0.15) is 18.9 Å². The van der Waals surface area contributed by atoms with Crippen LogP contribution >= 0.6 is 15.9 Å². The van der Waals surface area contributed by atoms with Crippen LogP contribution in [-0.2, 0) is 16.0 Å². The molecule has 0 saturated carbocycles. The highest BCUT2D eigenvalue weighted by atomic mass is 79.9. The van der Waals surface area contributed by atoms with E-state index in [0.29, 0.717) is 19.4 Å². The topological polar surface area (TPSA) is 35.5 Å². The van der Waals surface area contributed by atoms with Crippen molar-refractivity contribution in [2.24, 2.45) is 0 Å². The lowest BCUT2D eigenvalue weighted by Crippen LogP contribution is -2.05. The predicted molar refractivity (Wildman–Crippen MR) is 65.6 cm³/mol. The summed E-state index contributed by atoms with van der Waals surface area (Å²) in [5.41, 5.74) is 1.01. The Balaban J connectivity index is 2.63. The monoisotopic (exact) mass is 286 g/mol. The van der Waals surface area contributed by atoms with Gasteiger partial charge in [0.15, 0.2) is 0 Å². The standard InChI is InChI=1S/C12H15BrO3/c1-3-16-12(14)7-5-9-4-6-10(13)8-11(9)15-2/h4,6,8H,3,5,7H2,1-2H3. The normalized spacial score (nSPS) is 9.94. The third-order valence-electron chi connectivity index (χ3n) is 2.15. The van der Waals surface area contributed by atoms with Gasteiger partial charge in [0, 0.05) is 10.9 Å². The SMILES string of the molecule is CCOC(=O)CCc1ccc(Br)cc1OC. The first-order valence-corrected chi connectivity index (χ1v) is 5.94. The molecule has 0 aromatic heterocycles. The van der Waals surface area contributed by atoms with Gasteiger partial charge < -0.3 is 9.47 Å². The first-order valence-electron chi connectivity index (χ1n) is 5.15. The van der Waals surface area contributed by atoms with Crippen molar-refractivity contribution in [1.82, 2.24) is 0 Å². The molecule has 0 spiro atoms. The Kier molecular flexibility index (Phi) is 5.32. The third kappa shape index (κ3) is 3.85. The molecule has 0 heterocycles. The first-order chi connectivity index (χ1) is 7.67. The molecule has 0 saturated heterocycles. The molecule has 1 aromatic rings. The van der Waals surface area contributed by atoms with E-state index in [-0.39, 0.29) is 5.97 Å². The van der Waals surface area contributed by atoms with Crippen LogP contribution in [0.2, 0.25) is 0 Å². The summed E-state index contributed by atoms with van der Waals surface area (Å²) in [7, 11) is 1.62. The fourth-order valence-electron chi connectivity index (χ4n) is 1.39. The van der Waals surface area contributed by atoms with Crippen molar-refractivity contribution in [3.63, 3.8) is 0 Å². The summed E-state index contributed by atoms with van der Waals surface area (Å²) >= 11 is 3.37. The molecule has 0 bridgehead atoms. The fourth-order valence-corrected chi connectivity index (χ4v) is 1.73. The van der Waals surface area contributed by atoms with Gasteiger partial charge >= 0.3 is 5.97 Å². The summed E-state index contributed by atoms with van der Waals surface area (Å²) in [4.78, 5) is 11.2. The maximum atomic E-state index is 11.2.